The monoisotopic (exact) mass is 185 g/mol. The van der Waals surface area contributed by atoms with E-state index in [0.29, 0.717) is 0 Å². The highest BCUT2D eigenvalue weighted by molar-refractivity contribution is 4.63. The lowest BCUT2D eigenvalue weighted by Crippen LogP contribution is -2.09. The van der Waals surface area contributed by atoms with E-state index >= 15 is 0 Å². The van der Waals surface area contributed by atoms with Crippen molar-refractivity contribution < 1.29 is 0 Å². The van der Waals surface area contributed by atoms with Gasteiger partial charge in [0, 0.05) is 0 Å². The highest BCUT2D eigenvalue weighted by Gasteiger charge is 2.11. The van der Waals surface area contributed by atoms with Crippen LogP contribution < -0.4 is 5.73 Å². The molecule has 1 nitrogen and oxygen atoms in total. The van der Waals surface area contributed by atoms with Gasteiger partial charge in [-0.3, -0.25) is 0 Å². The SMILES string of the molecule is CCCCC(CCCCN)C(C)C. The first kappa shape index (κ1) is 13.0. The summed E-state index contributed by atoms with van der Waals surface area (Å²) in [5.41, 5.74) is 5.49. The van der Waals surface area contributed by atoms with Gasteiger partial charge < -0.3 is 5.73 Å². The zero-order valence-corrected chi connectivity index (χ0v) is 9.68. The third-order valence-corrected chi connectivity index (χ3v) is 2.90. The first-order valence-corrected chi connectivity index (χ1v) is 5.92. The fourth-order valence-electron chi connectivity index (χ4n) is 1.83. The molecule has 0 aromatic carbocycles. The quantitative estimate of drug-likeness (QED) is 0.575. The van der Waals surface area contributed by atoms with Crippen molar-refractivity contribution in [2.45, 2.75) is 59.3 Å². The van der Waals surface area contributed by atoms with Crippen LogP contribution in [0.3, 0.4) is 0 Å². The van der Waals surface area contributed by atoms with E-state index in [9.17, 15) is 0 Å². The van der Waals surface area contributed by atoms with Crippen molar-refractivity contribution in [3.63, 3.8) is 0 Å². The van der Waals surface area contributed by atoms with E-state index in [1.165, 1.54) is 38.5 Å². The molecule has 0 saturated carbocycles. The van der Waals surface area contributed by atoms with Gasteiger partial charge in [-0.2, -0.15) is 0 Å². The van der Waals surface area contributed by atoms with E-state index in [-0.39, 0.29) is 0 Å². The molecule has 0 heterocycles. The van der Waals surface area contributed by atoms with Gasteiger partial charge in [-0.1, -0.05) is 52.9 Å². The van der Waals surface area contributed by atoms with E-state index in [1.54, 1.807) is 0 Å². The molecule has 0 aliphatic heterocycles. The minimum atomic E-state index is 0.851. The third kappa shape index (κ3) is 7.06. The van der Waals surface area contributed by atoms with Gasteiger partial charge in [-0.05, 0) is 24.8 Å². The molecule has 0 rings (SSSR count). The minimum Gasteiger partial charge on any atom is -0.330 e. The molecule has 0 bridgehead atoms. The van der Waals surface area contributed by atoms with Crippen LogP contribution in [0, 0.1) is 11.8 Å². The molecule has 0 spiro atoms. The van der Waals surface area contributed by atoms with Gasteiger partial charge in [0.2, 0.25) is 0 Å². The summed E-state index contributed by atoms with van der Waals surface area (Å²) in [5, 5.41) is 0. The second-order valence-electron chi connectivity index (χ2n) is 4.43. The Labute approximate surface area is 84.1 Å². The standard InChI is InChI=1S/C12H27N/c1-4-5-8-12(11(2)3)9-6-7-10-13/h11-12H,4-10,13H2,1-3H3. The van der Waals surface area contributed by atoms with Crippen LogP contribution in [0.25, 0.3) is 0 Å². The van der Waals surface area contributed by atoms with E-state index < -0.39 is 0 Å². The highest BCUT2D eigenvalue weighted by atomic mass is 14.5. The predicted octanol–water partition coefficient (Wildman–Crippen LogP) is 3.58. The normalized spacial score (nSPS) is 13.6. The predicted molar refractivity (Wildman–Crippen MR) is 60.8 cm³/mol. The average Bonchev–Trinajstić information content (AvgIpc) is 2.10. The summed E-state index contributed by atoms with van der Waals surface area (Å²) in [7, 11) is 0. The molecule has 2 N–H and O–H groups in total. The molecule has 1 atom stereocenters. The zero-order valence-electron chi connectivity index (χ0n) is 9.68. The Morgan fingerprint density at radius 1 is 1.00 bits per heavy atom. The van der Waals surface area contributed by atoms with Crippen molar-refractivity contribution in [2.75, 3.05) is 6.54 Å². The van der Waals surface area contributed by atoms with Crippen molar-refractivity contribution in [1.82, 2.24) is 0 Å². The first-order valence-electron chi connectivity index (χ1n) is 5.92. The molecule has 13 heavy (non-hydrogen) atoms. The summed E-state index contributed by atoms with van der Waals surface area (Å²) in [6, 6.07) is 0. The first-order chi connectivity index (χ1) is 6.22. The number of hydrogen-bond acceptors (Lipinski definition) is 1. The lowest BCUT2D eigenvalue weighted by molar-refractivity contribution is 0.318. The molecule has 80 valence electrons. The van der Waals surface area contributed by atoms with Gasteiger partial charge >= 0.3 is 0 Å². The second kappa shape index (κ2) is 8.55. The van der Waals surface area contributed by atoms with Crippen molar-refractivity contribution in [2.24, 2.45) is 17.6 Å². The Bertz CT molecular complexity index is 99.3. The van der Waals surface area contributed by atoms with Gasteiger partial charge in [0.1, 0.15) is 0 Å². The average molecular weight is 185 g/mol. The van der Waals surface area contributed by atoms with Crippen molar-refractivity contribution in [1.29, 1.82) is 0 Å². The van der Waals surface area contributed by atoms with Gasteiger partial charge in [-0.15, -0.1) is 0 Å². The van der Waals surface area contributed by atoms with Gasteiger partial charge in [-0.25, -0.2) is 0 Å². The summed E-state index contributed by atoms with van der Waals surface area (Å²) in [5.74, 6) is 1.79. The molecular formula is C12H27N. The molecule has 1 heteroatoms. The Balaban J connectivity index is 3.54. The number of unbranched alkanes of at least 4 members (excludes halogenated alkanes) is 2. The number of rotatable bonds is 8. The van der Waals surface area contributed by atoms with Gasteiger partial charge in [0.05, 0.1) is 0 Å². The Hall–Kier alpha value is -0.0400. The topological polar surface area (TPSA) is 26.0 Å². The summed E-state index contributed by atoms with van der Waals surface area (Å²) in [4.78, 5) is 0. The molecule has 1 unspecified atom stereocenters. The largest absolute Gasteiger partial charge is 0.330 e. The Kier molecular flexibility index (Phi) is 8.53. The molecule has 0 aromatic rings. The summed E-state index contributed by atoms with van der Waals surface area (Å²) in [6.45, 7) is 7.83. The fourth-order valence-corrected chi connectivity index (χ4v) is 1.83. The van der Waals surface area contributed by atoms with E-state index in [1.807, 2.05) is 0 Å². The highest BCUT2D eigenvalue weighted by Crippen LogP contribution is 2.23. The lowest BCUT2D eigenvalue weighted by atomic mass is 9.86. The smallest absolute Gasteiger partial charge is 0.00773 e. The molecule has 0 radical (unpaired) electrons. The number of nitrogens with two attached hydrogens (primary N) is 1. The Morgan fingerprint density at radius 2 is 1.62 bits per heavy atom. The van der Waals surface area contributed by atoms with Gasteiger partial charge in [0.15, 0.2) is 0 Å². The minimum absolute atomic E-state index is 0.851. The molecule has 0 fully saturated rings. The maximum Gasteiger partial charge on any atom is -0.00773 e. The van der Waals surface area contributed by atoms with Crippen molar-refractivity contribution in [3.05, 3.63) is 0 Å². The fraction of sp³-hybridized carbons (Fsp3) is 1.00. The van der Waals surface area contributed by atoms with E-state index in [4.69, 9.17) is 5.73 Å². The summed E-state index contributed by atoms with van der Waals surface area (Å²) < 4.78 is 0. The van der Waals surface area contributed by atoms with E-state index in [2.05, 4.69) is 20.8 Å². The summed E-state index contributed by atoms with van der Waals surface area (Å²) >= 11 is 0. The second-order valence-corrected chi connectivity index (χ2v) is 4.43. The van der Waals surface area contributed by atoms with Crippen molar-refractivity contribution >= 4 is 0 Å². The lowest BCUT2D eigenvalue weighted by Gasteiger charge is -2.20. The third-order valence-electron chi connectivity index (χ3n) is 2.90. The summed E-state index contributed by atoms with van der Waals surface area (Å²) in [6.07, 6.45) is 8.05. The van der Waals surface area contributed by atoms with Gasteiger partial charge in [0.25, 0.3) is 0 Å². The van der Waals surface area contributed by atoms with E-state index in [0.717, 1.165) is 18.4 Å². The maximum atomic E-state index is 5.49. The maximum absolute atomic E-state index is 5.49. The molecule has 0 aromatic heterocycles. The van der Waals surface area contributed by atoms with Crippen LogP contribution in [0.15, 0.2) is 0 Å². The van der Waals surface area contributed by atoms with Crippen molar-refractivity contribution in [3.8, 4) is 0 Å². The molecule has 0 aliphatic rings. The van der Waals surface area contributed by atoms with Crippen LogP contribution in [0.4, 0.5) is 0 Å². The van der Waals surface area contributed by atoms with Crippen LogP contribution in [-0.4, -0.2) is 6.54 Å². The molecule has 0 saturated heterocycles. The Morgan fingerprint density at radius 3 is 2.08 bits per heavy atom. The van der Waals surface area contributed by atoms with Crippen LogP contribution >= 0.6 is 0 Å². The zero-order chi connectivity index (χ0) is 10.1. The van der Waals surface area contributed by atoms with Crippen LogP contribution in [0.5, 0.6) is 0 Å². The molecular weight excluding hydrogens is 158 g/mol. The van der Waals surface area contributed by atoms with Crippen LogP contribution in [0.2, 0.25) is 0 Å². The molecule has 0 aliphatic carbocycles. The number of hydrogen-bond donors (Lipinski definition) is 1. The van der Waals surface area contributed by atoms with Crippen LogP contribution in [-0.2, 0) is 0 Å². The van der Waals surface area contributed by atoms with Crippen LogP contribution in [0.1, 0.15) is 59.3 Å². The molecule has 0 amide bonds.